The topological polar surface area (TPSA) is 55.1 Å². The zero-order valence-corrected chi connectivity index (χ0v) is 8.44. The van der Waals surface area contributed by atoms with E-state index in [0.717, 1.165) is 12.1 Å². The molecule has 0 unspecified atom stereocenters. The fraction of sp³-hybridized carbons (Fsp3) is 0.222. The van der Waals surface area contributed by atoms with Gasteiger partial charge in [0, 0.05) is 13.1 Å². The summed E-state index contributed by atoms with van der Waals surface area (Å²) in [5, 5.41) is 1.96. The summed E-state index contributed by atoms with van der Waals surface area (Å²) in [4.78, 5) is 11.3. The van der Waals surface area contributed by atoms with E-state index < -0.39 is 17.5 Å². The summed E-state index contributed by atoms with van der Waals surface area (Å²) >= 11 is 5.33. The molecular weight excluding hydrogens is 226 g/mol. The van der Waals surface area contributed by atoms with Crippen molar-refractivity contribution < 1.29 is 13.6 Å². The van der Waals surface area contributed by atoms with Gasteiger partial charge in [-0.25, -0.2) is 8.78 Å². The molecule has 6 heteroatoms. The average Bonchev–Trinajstić information content (AvgIpc) is 2.20. The van der Waals surface area contributed by atoms with Crippen molar-refractivity contribution in [2.75, 3.05) is 13.1 Å². The fourth-order valence-electron chi connectivity index (χ4n) is 0.977. The molecule has 1 aromatic carbocycles. The molecule has 82 valence electrons. The van der Waals surface area contributed by atoms with Gasteiger partial charge in [0.25, 0.3) is 5.91 Å². The Hall–Kier alpha value is -1.20. The standard InChI is InChI=1S/C9H9ClF2N2O/c10-6-4-7(11)5(3-8(6)12)9(15)14-2-1-13/h3-4H,1-2,13H2,(H,14,15). The lowest BCUT2D eigenvalue weighted by Crippen LogP contribution is -2.29. The second-order valence-electron chi connectivity index (χ2n) is 2.79. The largest absolute Gasteiger partial charge is 0.351 e. The number of amides is 1. The van der Waals surface area contributed by atoms with Crippen LogP contribution in [0, 0.1) is 11.6 Å². The summed E-state index contributed by atoms with van der Waals surface area (Å²) in [5.41, 5.74) is 4.76. The van der Waals surface area contributed by atoms with Crippen LogP contribution in [-0.4, -0.2) is 19.0 Å². The first-order chi connectivity index (χ1) is 7.06. The fourth-order valence-corrected chi connectivity index (χ4v) is 1.13. The quantitative estimate of drug-likeness (QED) is 0.775. The minimum absolute atomic E-state index is 0.197. The lowest BCUT2D eigenvalue weighted by atomic mass is 10.2. The molecule has 0 saturated carbocycles. The van der Waals surface area contributed by atoms with Crippen LogP contribution in [0.2, 0.25) is 5.02 Å². The molecule has 0 aromatic heterocycles. The van der Waals surface area contributed by atoms with Gasteiger partial charge in [-0.2, -0.15) is 0 Å². The Morgan fingerprint density at radius 3 is 2.67 bits per heavy atom. The van der Waals surface area contributed by atoms with Crippen LogP contribution in [0.4, 0.5) is 8.78 Å². The average molecular weight is 235 g/mol. The zero-order valence-electron chi connectivity index (χ0n) is 7.69. The van der Waals surface area contributed by atoms with E-state index in [4.69, 9.17) is 17.3 Å². The van der Waals surface area contributed by atoms with Gasteiger partial charge in [0.1, 0.15) is 11.6 Å². The van der Waals surface area contributed by atoms with Gasteiger partial charge in [-0.15, -0.1) is 0 Å². The van der Waals surface area contributed by atoms with Crippen molar-refractivity contribution in [2.45, 2.75) is 0 Å². The molecule has 0 aliphatic rings. The molecule has 0 bridgehead atoms. The predicted molar refractivity (Wildman–Crippen MR) is 52.8 cm³/mol. The molecule has 0 radical (unpaired) electrons. The SMILES string of the molecule is NCCNC(=O)c1cc(F)c(Cl)cc1F. The first kappa shape index (κ1) is 11.9. The number of halogens is 3. The second-order valence-corrected chi connectivity index (χ2v) is 3.20. The molecule has 1 rings (SSSR count). The Morgan fingerprint density at radius 2 is 2.07 bits per heavy atom. The van der Waals surface area contributed by atoms with Crippen molar-refractivity contribution in [1.82, 2.24) is 5.32 Å². The first-order valence-corrected chi connectivity index (χ1v) is 4.57. The van der Waals surface area contributed by atoms with Gasteiger partial charge in [0.15, 0.2) is 0 Å². The van der Waals surface area contributed by atoms with Gasteiger partial charge < -0.3 is 11.1 Å². The molecule has 15 heavy (non-hydrogen) atoms. The number of rotatable bonds is 3. The Morgan fingerprint density at radius 1 is 1.40 bits per heavy atom. The van der Waals surface area contributed by atoms with Crippen LogP contribution >= 0.6 is 11.6 Å². The third kappa shape index (κ3) is 2.87. The van der Waals surface area contributed by atoms with Crippen molar-refractivity contribution in [3.05, 3.63) is 34.4 Å². The predicted octanol–water partition coefficient (Wildman–Crippen LogP) is 1.31. The van der Waals surface area contributed by atoms with Crippen LogP contribution in [0.25, 0.3) is 0 Å². The van der Waals surface area contributed by atoms with E-state index in [-0.39, 0.29) is 23.7 Å². The van der Waals surface area contributed by atoms with E-state index in [9.17, 15) is 13.6 Å². The number of carbonyl (C=O) groups is 1. The molecule has 3 N–H and O–H groups in total. The first-order valence-electron chi connectivity index (χ1n) is 4.19. The maximum atomic E-state index is 13.2. The highest BCUT2D eigenvalue weighted by Crippen LogP contribution is 2.19. The number of hydrogen-bond acceptors (Lipinski definition) is 2. The van der Waals surface area contributed by atoms with Crippen molar-refractivity contribution in [2.24, 2.45) is 5.73 Å². The summed E-state index contributed by atoms with van der Waals surface area (Å²) in [7, 11) is 0. The van der Waals surface area contributed by atoms with Gasteiger partial charge >= 0.3 is 0 Å². The molecular formula is C9H9ClF2N2O. The van der Waals surface area contributed by atoms with E-state index in [1.54, 1.807) is 0 Å². The molecule has 0 saturated heterocycles. The van der Waals surface area contributed by atoms with Crippen LogP contribution in [0.3, 0.4) is 0 Å². The smallest absolute Gasteiger partial charge is 0.254 e. The third-order valence-corrected chi connectivity index (χ3v) is 1.97. The van der Waals surface area contributed by atoms with Crippen LogP contribution in [0.5, 0.6) is 0 Å². The van der Waals surface area contributed by atoms with Crippen molar-refractivity contribution in [3.63, 3.8) is 0 Å². The van der Waals surface area contributed by atoms with Gasteiger partial charge in [0.05, 0.1) is 10.6 Å². The maximum Gasteiger partial charge on any atom is 0.254 e. The Kier molecular flexibility index (Phi) is 3.99. The number of carbonyl (C=O) groups excluding carboxylic acids is 1. The van der Waals surface area contributed by atoms with Crippen molar-refractivity contribution in [1.29, 1.82) is 0 Å². The van der Waals surface area contributed by atoms with E-state index in [2.05, 4.69) is 5.32 Å². The van der Waals surface area contributed by atoms with E-state index in [1.165, 1.54) is 0 Å². The Bertz CT molecular complexity index is 385. The lowest BCUT2D eigenvalue weighted by Gasteiger charge is -2.05. The summed E-state index contributed by atoms with van der Waals surface area (Å²) in [5.74, 6) is -2.42. The van der Waals surface area contributed by atoms with Gasteiger partial charge in [-0.05, 0) is 12.1 Å². The molecule has 3 nitrogen and oxygen atoms in total. The zero-order chi connectivity index (χ0) is 11.4. The van der Waals surface area contributed by atoms with Crippen molar-refractivity contribution >= 4 is 17.5 Å². The molecule has 0 atom stereocenters. The summed E-state index contributed by atoms with van der Waals surface area (Å²) < 4.78 is 26.1. The molecule has 0 aliphatic heterocycles. The lowest BCUT2D eigenvalue weighted by molar-refractivity contribution is 0.0950. The highest BCUT2D eigenvalue weighted by atomic mass is 35.5. The molecule has 0 fully saturated rings. The number of nitrogens with one attached hydrogen (secondary N) is 1. The third-order valence-electron chi connectivity index (χ3n) is 1.68. The van der Waals surface area contributed by atoms with Crippen LogP contribution in [0.1, 0.15) is 10.4 Å². The minimum Gasteiger partial charge on any atom is -0.351 e. The Labute approximate surface area is 90.2 Å². The summed E-state index contributed by atoms with van der Waals surface area (Å²) in [6, 6.07) is 1.51. The van der Waals surface area contributed by atoms with E-state index in [0.29, 0.717) is 0 Å². The number of benzene rings is 1. The summed E-state index contributed by atoms with van der Waals surface area (Å²) in [6.07, 6.45) is 0. The molecule has 0 heterocycles. The van der Waals surface area contributed by atoms with Gasteiger partial charge in [-0.1, -0.05) is 11.6 Å². The maximum absolute atomic E-state index is 13.2. The molecule has 1 aromatic rings. The van der Waals surface area contributed by atoms with Crippen molar-refractivity contribution in [3.8, 4) is 0 Å². The van der Waals surface area contributed by atoms with Gasteiger partial charge in [0.2, 0.25) is 0 Å². The minimum atomic E-state index is -0.865. The Balaban J connectivity index is 2.94. The van der Waals surface area contributed by atoms with Crippen LogP contribution in [0.15, 0.2) is 12.1 Å². The van der Waals surface area contributed by atoms with E-state index >= 15 is 0 Å². The van der Waals surface area contributed by atoms with Gasteiger partial charge in [-0.3, -0.25) is 4.79 Å². The van der Waals surface area contributed by atoms with E-state index in [1.807, 2.05) is 0 Å². The van der Waals surface area contributed by atoms with Crippen LogP contribution < -0.4 is 11.1 Å². The number of nitrogens with two attached hydrogens (primary N) is 1. The number of hydrogen-bond donors (Lipinski definition) is 2. The highest BCUT2D eigenvalue weighted by molar-refractivity contribution is 6.30. The molecule has 0 aliphatic carbocycles. The normalized spacial score (nSPS) is 10.1. The van der Waals surface area contributed by atoms with Crippen LogP contribution in [-0.2, 0) is 0 Å². The molecule has 0 spiro atoms. The summed E-state index contributed by atoms with van der Waals surface area (Å²) in [6.45, 7) is 0.423. The monoisotopic (exact) mass is 234 g/mol. The second kappa shape index (κ2) is 5.04. The molecule has 1 amide bonds. The highest BCUT2D eigenvalue weighted by Gasteiger charge is 2.14.